The molecule has 1 atom stereocenters. The molecule has 0 bridgehead atoms. The molecule has 1 aliphatic rings. The molecule has 0 N–H and O–H groups in total. The summed E-state index contributed by atoms with van der Waals surface area (Å²) in [7, 11) is 0. The number of halogens is 1. The van der Waals surface area contributed by atoms with Gasteiger partial charge >= 0.3 is 5.69 Å². The van der Waals surface area contributed by atoms with Crippen molar-refractivity contribution in [1.82, 2.24) is 9.97 Å². The van der Waals surface area contributed by atoms with Gasteiger partial charge in [-0.25, -0.2) is 14.4 Å². The maximum absolute atomic E-state index is 14.5. The van der Waals surface area contributed by atoms with Gasteiger partial charge < -0.3 is 4.90 Å². The van der Waals surface area contributed by atoms with Gasteiger partial charge in [0.2, 0.25) is 5.82 Å². The number of piperidine rings is 1. The van der Waals surface area contributed by atoms with E-state index in [4.69, 9.17) is 0 Å². The third-order valence-electron chi connectivity index (χ3n) is 4.67. The largest absolute Gasteiger partial charge is 0.351 e. The maximum Gasteiger partial charge on any atom is 0.311 e. The first-order valence-electron chi connectivity index (χ1n) is 8.90. The Morgan fingerprint density at radius 3 is 2.56 bits per heavy atom. The third kappa shape index (κ3) is 4.59. The summed E-state index contributed by atoms with van der Waals surface area (Å²) in [6.45, 7) is 4.71. The van der Waals surface area contributed by atoms with Crippen molar-refractivity contribution >= 4 is 11.5 Å². The predicted octanol–water partition coefficient (Wildman–Crippen LogP) is 3.61. The van der Waals surface area contributed by atoms with Crippen molar-refractivity contribution in [3.63, 3.8) is 0 Å². The highest BCUT2D eigenvalue weighted by Crippen LogP contribution is 2.31. The molecule has 7 heteroatoms. The van der Waals surface area contributed by atoms with Crippen LogP contribution in [0.3, 0.4) is 0 Å². The second-order valence-electron chi connectivity index (χ2n) is 6.71. The van der Waals surface area contributed by atoms with E-state index in [2.05, 4.69) is 21.8 Å². The van der Waals surface area contributed by atoms with Crippen molar-refractivity contribution in [2.75, 3.05) is 18.0 Å². The van der Waals surface area contributed by atoms with Gasteiger partial charge in [-0.1, -0.05) is 12.0 Å². The number of pyridine rings is 2. The summed E-state index contributed by atoms with van der Waals surface area (Å²) in [5.74, 6) is 5.65. The number of nitro groups is 1. The first-order valence-corrected chi connectivity index (χ1v) is 8.90. The minimum absolute atomic E-state index is 0.0128. The van der Waals surface area contributed by atoms with Gasteiger partial charge in [0.05, 0.1) is 4.92 Å². The van der Waals surface area contributed by atoms with Crippen LogP contribution in [0.15, 0.2) is 30.3 Å². The Balaban J connectivity index is 1.66. The SMILES string of the molecule is Cc1cccc(C#CC(F)C2CCN(c3nc(C)ccc3[N+](=O)[O-])CC2)n1. The monoisotopic (exact) mass is 368 g/mol. The molecule has 1 unspecified atom stereocenters. The highest BCUT2D eigenvalue weighted by atomic mass is 19.1. The molecular weight excluding hydrogens is 347 g/mol. The van der Waals surface area contributed by atoms with Crippen LogP contribution in [0.5, 0.6) is 0 Å². The fourth-order valence-electron chi connectivity index (χ4n) is 3.19. The Morgan fingerprint density at radius 2 is 1.89 bits per heavy atom. The van der Waals surface area contributed by atoms with Crippen molar-refractivity contribution in [2.24, 2.45) is 5.92 Å². The summed E-state index contributed by atoms with van der Waals surface area (Å²) < 4.78 is 14.5. The third-order valence-corrected chi connectivity index (χ3v) is 4.67. The molecule has 27 heavy (non-hydrogen) atoms. The molecule has 0 aliphatic carbocycles. The Morgan fingerprint density at radius 1 is 1.19 bits per heavy atom. The maximum atomic E-state index is 14.5. The van der Waals surface area contributed by atoms with Crippen LogP contribution in [0.1, 0.15) is 29.9 Å². The molecule has 3 rings (SSSR count). The highest BCUT2D eigenvalue weighted by molar-refractivity contribution is 5.58. The summed E-state index contributed by atoms with van der Waals surface area (Å²) in [5, 5.41) is 11.2. The van der Waals surface area contributed by atoms with Crippen LogP contribution in [0.25, 0.3) is 0 Å². The molecule has 1 fully saturated rings. The summed E-state index contributed by atoms with van der Waals surface area (Å²) in [5.41, 5.74) is 2.12. The van der Waals surface area contributed by atoms with E-state index in [9.17, 15) is 14.5 Å². The molecule has 2 aromatic rings. The number of hydrogen-bond donors (Lipinski definition) is 0. The fraction of sp³-hybridized carbons (Fsp3) is 0.400. The van der Waals surface area contributed by atoms with Gasteiger partial charge in [0.15, 0.2) is 6.17 Å². The first-order chi connectivity index (χ1) is 12.9. The van der Waals surface area contributed by atoms with Gasteiger partial charge in [-0.15, -0.1) is 0 Å². The van der Waals surface area contributed by atoms with Crippen LogP contribution >= 0.6 is 0 Å². The van der Waals surface area contributed by atoms with Gasteiger partial charge in [0, 0.05) is 36.5 Å². The van der Waals surface area contributed by atoms with Gasteiger partial charge in [-0.05, 0) is 50.8 Å². The molecule has 3 heterocycles. The molecule has 0 spiro atoms. The Labute approximate surface area is 157 Å². The number of aryl methyl sites for hydroxylation is 2. The Kier molecular flexibility index (Phi) is 5.65. The minimum Gasteiger partial charge on any atom is -0.351 e. The van der Waals surface area contributed by atoms with Crippen LogP contribution in [0.2, 0.25) is 0 Å². The van der Waals surface area contributed by atoms with Gasteiger partial charge in [0.1, 0.15) is 5.69 Å². The van der Waals surface area contributed by atoms with Crippen molar-refractivity contribution in [3.8, 4) is 11.8 Å². The number of alkyl halides is 1. The van der Waals surface area contributed by atoms with Crippen LogP contribution in [0, 0.1) is 41.7 Å². The summed E-state index contributed by atoms with van der Waals surface area (Å²) in [6.07, 6.45) is -0.0943. The molecule has 140 valence electrons. The van der Waals surface area contributed by atoms with E-state index in [-0.39, 0.29) is 11.6 Å². The zero-order chi connectivity index (χ0) is 19.4. The number of nitrogens with zero attached hydrogens (tertiary/aromatic N) is 4. The van der Waals surface area contributed by atoms with E-state index < -0.39 is 11.1 Å². The lowest BCUT2D eigenvalue weighted by Gasteiger charge is -2.32. The normalized spacial score (nSPS) is 15.7. The number of aromatic nitrogens is 2. The van der Waals surface area contributed by atoms with Crippen molar-refractivity contribution in [1.29, 1.82) is 0 Å². The second-order valence-corrected chi connectivity index (χ2v) is 6.71. The minimum atomic E-state index is -1.24. The molecule has 0 amide bonds. The van der Waals surface area contributed by atoms with E-state index in [1.54, 1.807) is 19.1 Å². The smallest absolute Gasteiger partial charge is 0.311 e. The molecule has 1 saturated heterocycles. The Hall–Kier alpha value is -3.01. The van der Waals surface area contributed by atoms with Crippen molar-refractivity contribution < 1.29 is 9.31 Å². The second kappa shape index (κ2) is 8.12. The molecule has 1 aliphatic heterocycles. The number of hydrogen-bond acceptors (Lipinski definition) is 5. The zero-order valence-corrected chi connectivity index (χ0v) is 15.4. The lowest BCUT2D eigenvalue weighted by Crippen LogP contribution is -2.37. The summed E-state index contributed by atoms with van der Waals surface area (Å²) in [6, 6.07) is 8.58. The van der Waals surface area contributed by atoms with Crippen LogP contribution in [0.4, 0.5) is 15.9 Å². The molecule has 0 radical (unpaired) electrons. The predicted molar refractivity (Wildman–Crippen MR) is 101 cm³/mol. The molecule has 0 aromatic carbocycles. The molecular formula is C20H21FN4O2. The lowest BCUT2D eigenvalue weighted by atomic mass is 9.92. The summed E-state index contributed by atoms with van der Waals surface area (Å²) >= 11 is 0. The van der Waals surface area contributed by atoms with Crippen molar-refractivity contribution in [3.05, 3.63) is 57.5 Å². The van der Waals surface area contributed by atoms with Gasteiger partial charge in [-0.2, -0.15) is 0 Å². The molecule has 0 saturated carbocycles. The van der Waals surface area contributed by atoms with Crippen LogP contribution < -0.4 is 4.90 Å². The van der Waals surface area contributed by atoms with Crippen LogP contribution in [-0.2, 0) is 0 Å². The van der Waals surface area contributed by atoms with E-state index in [1.807, 2.05) is 24.0 Å². The first kappa shape index (κ1) is 18.8. The van der Waals surface area contributed by atoms with E-state index >= 15 is 0 Å². The lowest BCUT2D eigenvalue weighted by molar-refractivity contribution is -0.384. The zero-order valence-electron chi connectivity index (χ0n) is 15.4. The van der Waals surface area contributed by atoms with Gasteiger partial charge in [-0.3, -0.25) is 10.1 Å². The Bertz CT molecular complexity index is 898. The standard InChI is InChI=1S/C20H21FN4O2/c1-14-4-3-5-17(22-14)7-8-18(21)16-10-12-24(13-11-16)20-19(25(26)27)9-6-15(2)23-20/h3-6,9,16,18H,10-13H2,1-2H3. The van der Waals surface area contributed by atoms with E-state index in [0.29, 0.717) is 37.4 Å². The van der Waals surface area contributed by atoms with Crippen molar-refractivity contribution in [2.45, 2.75) is 32.9 Å². The summed E-state index contributed by atoms with van der Waals surface area (Å²) in [4.78, 5) is 21.3. The number of anilines is 1. The quantitative estimate of drug-likeness (QED) is 0.470. The topological polar surface area (TPSA) is 72.2 Å². The van der Waals surface area contributed by atoms with Crippen LogP contribution in [-0.4, -0.2) is 34.2 Å². The molecule has 6 nitrogen and oxygen atoms in total. The average molecular weight is 368 g/mol. The van der Waals surface area contributed by atoms with E-state index in [0.717, 1.165) is 11.4 Å². The van der Waals surface area contributed by atoms with E-state index in [1.165, 1.54) is 6.07 Å². The fourth-order valence-corrected chi connectivity index (χ4v) is 3.19. The highest BCUT2D eigenvalue weighted by Gasteiger charge is 2.29. The number of rotatable bonds is 3. The molecule has 2 aromatic heterocycles. The van der Waals surface area contributed by atoms with Gasteiger partial charge in [0.25, 0.3) is 0 Å². The average Bonchev–Trinajstić information content (AvgIpc) is 2.66.